The first-order chi connectivity index (χ1) is 14.8. The topological polar surface area (TPSA) is 93.4 Å². The number of aryl methyl sites for hydroxylation is 3. The largest absolute Gasteiger partial charge is 0.372 e. The second-order valence-electron chi connectivity index (χ2n) is 8.07. The molecule has 0 spiro atoms. The van der Waals surface area contributed by atoms with Crippen LogP contribution in [0.3, 0.4) is 0 Å². The van der Waals surface area contributed by atoms with Crippen molar-refractivity contribution < 1.29 is 14.1 Å². The minimum atomic E-state index is -0.227. The molecule has 0 unspecified atom stereocenters. The molecule has 2 atom stereocenters. The van der Waals surface area contributed by atoms with Crippen molar-refractivity contribution in [2.75, 3.05) is 18.0 Å². The normalized spacial score (nSPS) is 18.9. The van der Waals surface area contributed by atoms with Gasteiger partial charge in [-0.3, -0.25) is 9.78 Å². The molecule has 1 aliphatic heterocycles. The Bertz CT molecular complexity index is 1060. The van der Waals surface area contributed by atoms with Crippen LogP contribution >= 0.6 is 11.3 Å². The molecule has 0 bridgehead atoms. The Morgan fingerprint density at radius 1 is 1.16 bits per heavy atom. The molecule has 1 fully saturated rings. The Kier molecular flexibility index (Phi) is 6.06. The average Bonchev–Trinajstić information content (AvgIpc) is 3.31. The Balaban J connectivity index is 1.65. The summed E-state index contributed by atoms with van der Waals surface area (Å²) in [4.78, 5) is 25.3. The van der Waals surface area contributed by atoms with Gasteiger partial charge in [0.15, 0.2) is 5.13 Å². The molecule has 0 aliphatic carbocycles. The van der Waals surface area contributed by atoms with Crippen LogP contribution in [0.5, 0.6) is 0 Å². The second kappa shape index (κ2) is 8.76. The number of thiazole rings is 1. The van der Waals surface area contributed by atoms with E-state index in [2.05, 4.69) is 46.3 Å². The first-order valence-corrected chi connectivity index (χ1v) is 11.2. The predicted molar refractivity (Wildman–Crippen MR) is 119 cm³/mol. The van der Waals surface area contributed by atoms with Crippen LogP contribution in [0, 0.1) is 20.8 Å². The smallest absolute Gasteiger partial charge is 0.256 e. The highest BCUT2D eigenvalue weighted by Gasteiger charge is 2.26. The van der Waals surface area contributed by atoms with Crippen molar-refractivity contribution in [3.05, 3.63) is 46.7 Å². The maximum atomic E-state index is 12.6. The highest BCUT2D eigenvalue weighted by atomic mass is 32.1. The van der Waals surface area contributed by atoms with Gasteiger partial charge in [0.2, 0.25) is 0 Å². The molecule has 1 amide bonds. The highest BCUT2D eigenvalue weighted by molar-refractivity contribution is 7.19. The summed E-state index contributed by atoms with van der Waals surface area (Å²) in [5.74, 6) is -0.227. The fourth-order valence-electron chi connectivity index (χ4n) is 3.89. The summed E-state index contributed by atoms with van der Waals surface area (Å²) in [6, 6.07) is 4.12. The van der Waals surface area contributed by atoms with E-state index in [4.69, 9.17) is 14.2 Å². The Labute approximate surface area is 185 Å². The lowest BCUT2D eigenvalue weighted by atomic mass is 10.1. The number of amides is 1. The fraction of sp³-hybridized carbons (Fsp3) is 0.455. The molecule has 8 nitrogen and oxygen atoms in total. The van der Waals surface area contributed by atoms with E-state index in [0.717, 1.165) is 45.7 Å². The molecule has 164 valence electrons. The van der Waals surface area contributed by atoms with E-state index in [-0.39, 0.29) is 18.1 Å². The van der Waals surface area contributed by atoms with Crippen LogP contribution < -0.4 is 10.2 Å². The van der Waals surface area contributed by atoms with Gasteiger partial charge in [-0.05, 0) is 52.3 Å². The Morgan fingerprint density at radius 2 is 1.84 bits per heavy atom. The van der Waals surface area contributed by atoms with Gasteiger partial charge in [0.1, 0.15) is 11.8 Å². The van der Waals surface area contributed by atoms with E-state index in [0.29, 0.717) is 17.8 Å². The number of hydrogen-bond acceptors (Lipinski definition) is 8. The maximum absolute atomic E-state index is 12.6. The fourth-order valence-corrected chi connectivity index (χ4v) is 4.98. The molecule has 31 heavy (non-hydrogen) atoms. The SMILES string of the molecule is Cc1cc(-c2sc(N3C[C@@H](C)O[C@@H](C)C3)nc2CNC(=O)c2conc2C)cc(C)n1. The number of hydrogen-bond donors (Lipinski definition) is 1. The van der Waals surface area contributed by atoms with Crippen LogP contribution in [-0.4, -0.2) is 46.3 Å². The lowest BCUT2D eigenvalue weighted by molar-refractivity contribution is -0.00523. The zero-order valence-corrected chi connectivity index (χ0v) is 19.2. The average molecular weight is 442 g/mol. The molecule has 1 N–H and O–H groups in total. The van der Waals surface area contributed by atoms with Crippen molar-refractivity contribution in [3.8, 4) is 10.4 Å². The molecule has 3 aromatic rings. The van der Waals surface area contributed by atoms with E-state index >= 15 is 0 Å². The zero-order valence-electron chi connectivity index (χ0n) is 18.4. The Morgan fingerprint density at radius 3 is 2.45 bits per heavy atom. The highest BCUT2D eigenvalue weighted by Crippen LogP contribution is 2.36. The van der Waals surface area contributed by atoms with Crippen LogP contribution in [0.2, 0.25) is 0 Å². The van der Waals surface area contributed by atoms with Gasteiger partial charge in [0, 0.05) is 24.5 Å². The molecule has 4 rings (SSSR count). The molecular weight excluding hydrogens is 414 g/mol. The van der Waals surface area contributed by atoms with Crippen LogP contribution in [-0.2, 0) is 11.3 Å². The number of morpholine rings is 1. The van der Waals surface area contributed by atoms with Crippen molar-refractivity contribution in [3.63, 3.8) is 0 Å². The van der Waals surface area contributed by atoms with Crippen molar-refractivity contribution in [2.45, 2.75) is 53.4 Å². The minimum absolute atomic E-state index is 0.140. The molecule has 0 saturated carbocycles. The van der Waals surface area contributed by atoms with Crippen molar-refractivity contribution >= 4 is 22.4 Å². The molecule has 4 heterocycles. The van der Waals surface area contributed by atoms with Crippen molar-refractivity contribution in [1.82, 2.24) is 20.4 Å². The maximum Gasteiger partial charge on any atom is 0.256 e. The van der Waals surface area contributed by atoms with Crippen molar-refractivity contribution in [2.24, 2.45) is 0 Å². The number of pyridine rings is 1. The molecule has 1 saturated heterocycles. The number of aromatic nitrogens is 3. The quantitative estimate of drug-likeness (QED) is 0.646. The van der Waals surface area contributed by atoms with Crippen LogP contribution in [0.4, 0.5) is 5.13 Å². The van der Waals surface area contributed by atoms with Crippen LogP contribution in [0.1, 0.15) is 47.0 Å². The lowest BCUT2D eigenvalue weighted by Crippen LogP contribution is -2.45. The molecule has 0 radical (unpaired) electrons. The molecular formula is C22H27N5O3S. The summed E-state index contributed by atoms with van der Waals surface area (Å²) in [7, 11) is 0. The minimum Gasteiger partial charge on any atom is -0.372 e. The number of carbonyl (C=O) groups is 1. The third kappa shape index (κ3) is 4.77. The summed E-state index contributed by atoms with van der Waals surface area (Å²) < 4.78 is 10.8. The third-order valence-corrected chi connectivity index (χ3v) is 6.34. The lowest BCUT2D eigenvalue weighted by Gasteiger charge is -2.35. The van der Waals surface area contributed by atoms with E-state index in [1.165, 1.54) is 6.26 Å². The number of ether oxygens (including phenoxy) is 1. The van der Waals surface area contributed by atoms with Gasteiger partial charge in [-0.2, -0.15) is 0 Å². The van der Waals surface area contributed by atoms with Crippen molar-refractivity contribution in [1.29, 1.82) is 0 Å². The summed E-state index contributed by atoms with van der Waals surface area (Å²) in [6.45, 7) is 11.8. The van der Waals surface area contributed by atoms with Gasteiger partial charge in [-0.1, -0.05) is 16.5 Å². The van der Waals surface area contributed by atoms with E-state index < -0.39 is 0 Å². The van der Waals surface area contributed by atoms with Gasteiger partial charge in [-0.25, -0.2) is 4.98 Å². The first-order valence-electron chi connectivity index (χ1n) is 10.3. The molecule has 1 aliphatic rings. The van der Waals surface area contributed by atoms with Gasteiger partial charge in [0.05, 0.1) is 35.0 Å². The van der Waals surface area contributed by atoms with Gasteiger partial charge >= 0.3 is 0 Å². The molecule has 9 heteroatoms. The number of nitrogens with one attached hydrogen (secondary N) is 1. The summed E-state index contributed by atoms with van der Waals surface area (Å²) in [5.41, 5.74) is 4.80. The van der Waals surface area contributed by atoms with Gasteiger partial charge < -0.3 is 19.5 Å². The number of rotatable bonds is 5. The summed E-state index contributed by atoms with van der Waals surface area (Å²) in [6.07, 6.45) is 1.65. The molecule has 3 aromatic heterocycles. The second-order valence-corrected chi connectivity index (χ2v) is 9.05. The zero-order chi connectivity index (χ0) is 22.1. The Hall–Kier alpha value is -2.78. The summed E-state index contributed by atoms with van der Waals surface area (Å²) in [5, 5.41) is 7.68. The third-order valence-electron chi connectivity index (χ3n) is 5.13. The predicted octanol–water partition coefficient (Wildman–Crippen LogP) is 3.66. The monoisotopic (exact) mass is 441 g/mol. The summed E-state index contributed by atoms with van der Waals surface area (Å²) >= 11 is 1.64. The van der Waals surface area contributed by atoms with E-state index in [1.54, 1.807) is 18.3 Å². The van der Waals surface area contributed by atoms with Crippen LogP contribution in [0.25, 0.3) is 10.4 Å². The van der Waals surface area contributed by atoms with Gasteiger partial charge in [-0.15, -0.1) is 0 Å². The van der Waals surface area contributed by atoms with Gasteiger partial charge in [0.25, 0.3) is 5.91 Å². The van der Waals surface area contributed by atoms with E-state index in [9.17, 15) is 4.79 Å². The number of carbonyl (C=O) groups excluding carboxylic acids is 1. The first kappa shape index (κ1) is 21.5. The number of anilines is 1. The van der Waals surface area contributed by atoms with E-state index in [1.807, 2.05) is 13.8 Å². The molecule has 0 aromatic carbocycles. The standard InChI is InChI=1S/C22H27N5O3S/c1-12-6-17(7-13(2)24-12)20-19(8-23-21(28)18-11-29-26-16(18)5)25-22(31-20)27-9-14(3)30-15(4)10-27/h6-7,11,14-15H,8-10H2,1-5H3,(H,23,28)/t14-,15+. The van der Waals surface area contributed by atoms with Crippen LogP contribution in [0.15, 0.2) is 22.9 Å². The number of nitrogens with zero attached hydrogens (tertiary/aromatic N) is 4.